The molecule has 5 aromatic rings. The molecule has 0 unspecified atom stereocenters. The van der Waals surface area contributed by atoms with E-state index in [1.54, 1.807) is 0 Å². The van der Waals surface area contributed by atoms with Gasteiger partial charge < -0.3 is 4.90 Å². The number of benzene rings is 5. The second-order valence-corrected chi connectivity index (χ2v) is 15.7. The second-order valence-electron chi connectivity index (χ2n) is 15.7. The van der Waals surface area contributed by atoms with E-state index in [4.69, 9.17) is 0 Å². The van der Waals surface area contributed by atoms with Crippen LogP contribution in [-0.2, 0) is 16.2 Å². The van der Waals surface area contributed by atoms with Gasteiger partial charge >= 0.3 is 0 Å². The molecule has 0 N–H and O–H groups in total. The summed E-state index contributed by atoms with van der Waals surface area (Å²) in [7, 11) is 0. The fourth-order valence-corrected chi connectivity index (χ4v) is 8.31. The molecule has 45 heavy (non-hydrogen) atoms. The number of aryl methyl sites for hydroxylation is 2. The van der Waals surface area contributed by atoms with Crippen molar-refractivity contribution in [1.29, 1.82) is 0 Å². The van der Waals surface area contributed by atoms with Crippen molar-refractivity contribution in [3.63, 3.8) is 0 Å². The normalized spacial score (nSPS) is 17.8. The Bertz CT molecular complexity index is 1980. The lowest BCUT2D eigenvalue weighted by atomic mass is 9.59. The van der Waals surface area contributed by atoms with E-state index >= 15 is 0 Å². The predicted molar refractivity (Wildman–Crippen MR) is 193 cm³/mol. The van der Waals surface area contributed by atoms with E-state index < -0.39 is 0 Å². The number of nitrogens with zero attached hydrogens (tertiary/aromatic N) is 1. The van der Waals surface area contributed by atoms with E-state index in [1.165, 1.54) is 72.7 Å². The number of rotatable bonds is 4. The molecule has 0 heterocycles. The van der Waals surface area contributed by atoms with Crippen LogP contribution in [-0.4, -0.2) is 0 Å². The smallest absolute Gasteiger partial charge is 0.0540 e. The molecular formula is C44H47N. The topological polar surface area (TPSA) is 3.24 Å². The maximum Gasteiger partial charge on any atom is 0.0540 e. The lowest BCUT2D eigenvalue weighted by Gasteiger charge is -2.44. The van der Waals surface area contributed by atoms with Gasteiger partial charge in [0.05, 0.1) is 5.69 Å². The largest absolute Gasteiger partial charge is 0.310 e. The zero-order valence-electron chi connectivity index (χ0n) is 28.8. The average molecular weight is 590 g/mol. The molecular weight excluding hydrogens is 542 g/mol. The van der Waals surface area contributed by atoms with Crippen molar-refractivity contribution in [1.82, 2.24) is 0 Å². The summed E-state index contributed by atoms with van der Waals surface area (Å²) in [4.78, 5) is 2.47. The summed E-state index contributed by atoms with van der Waals surface area (Å²) >= 11 is 0. The fourth-order valence-electron chi connectivity index (χ4n) is 8.31. The summed E-state index contributed by atoms with van der Waals surface area (Å²) in [6, 6.07) is 39.2. The zero-order chi connectivity index (χ0) is 32.1. The Morgan fingerprint density at radius 1 is 0.444 bits per heavy atom. The van der Waals surface area contributed by atoms with Crippen molar-refractivity contribution in [2.45, 2.75) is 85.5 Å². The summed E-state index contributed by atoms with van der Waals surface area (Å²) in [5, 5.41) is 0. The number of anilines is 3. The molecule has 1 heteroatoms. The van der Waals surface area contributed by atoms with E-state index in [1.807, 2.05) is 0 Å². The van der Waals surface area contributed by atoms with E-state index in [0.717, 1.165) is 0 Å². The van der Waals surface area contributed by atoms with Crippen LogP contribution in [0.15, 0.2) is 103 Å². The Morgan fingerprint density at radius 3 is 1.80 bits per heavy atom. The van der Waals surface area contributed by atoms with Crippen molar-refractivity contribution >= 4 is 17.1 Å². The minimum Gasteiger partial charge on any atom is -0.310 e. The first-order chi connectivity index (χ1) is 21.2. The van der Waals surface area contributed by atoms with E-state index in [-0.39, 0.29) is 21.7 Å². The highest BCUT2D eigenvalue weighted by Gasteiger charge is 2.56. The number of hydrogen-bond acceptors (Lipinski definition) is 1. The van der Waals surface area contributed by atoms with Gasteiger partial charge in [0.2, 0.25) is 0 Å². The average Bonchev–Trinajstić information content (AvgIpc) is 3.27. The summed E-state index contributed by atoms with van der Waals surface area (Å²) < 4.78 is 0. The van der Waals surface area contributed by atoms with Gasteiger partial charge in [-0.3, -0.25) is 0 Å². The lowest BCUT2D eigenvalue weighted by Crippen LogP contribution is -2.42. The fraction of sp³-hybridized carbons (Fsp3) is 0.318. The Labute approximate surface area is 271 Å². The minimum absolute atomic E-state index is 0.0476. The van der Waals surface area contributed by atoms with Gasteiger partial charge in [-0.05, 0) is 105 Å². The van der Waals surface area contributed by atoms with Crippen molar-refractivity contribution in [2.75, 3.05) is 4.90 Å². The Hall–Kier alpha value is -4.10. The van der Waals surface area contributed by atoms with Crippen LogP contribution >= 0.6 is 0 Å². The van der Waals surface area contributed by atoms with Crippen LogP contribution < -0.4 is 4.90 Å². The van der Waals surface area contributed by atoms with Crippen molar-refractivity contribution < 1.29 is 0 Å². The van der Waals surface area contributed by atoms with Crippen LogP contribution in [0.5, 0.6) is 0 Å². The quantitative estimate of drug-likeness (QED) is 0.201. The van der Waals surface area contributed by atoms with Gasteiger partial charge in [0, 0.05) is 22.4 Å². The maximum atomic E-state index is 2.49. The van der Waals surface area contributed by atoms with Crippen molar-refractivity contribution in [3.05, 3.63) is 137 Å². The summed E-state index contributed by atoms with van der Waals surface area (Å²) in [6.07, 6.45) is 0. The van der Waals surface area contributed by atoms with Crippen LogP contribution in [0, 0.1) is 19.3 Å². The molecule has 0 aliphatic heterocycles. The van der Waals surface area contributed by atoms with Gasteiger partial charge in [0.15, 0.2) is 0 Å². The Kier molecular flexibility index (Phi) is 6.38. The highest BCUT2D eigenvalue weighted by Crippen LogP contribution is 2.62. The van der Waals surface area contributed by atoms with Crippen LogP contribution in [0.2, 0.25) is 0 Å². The molecule has 0 fully saturated rings. The lowest BCUT2D eigenvalue weighted by molar-refractivity contribution is 0.125. The first-order valence-electron chi connectivity index (χ1n) is 16.5. The van der Waals surface area contributed by atoms with Gasteiger partial charge in [-0.15, -0.1) is 0 Å². The third-order valence-electron chi connectivity index (χ3n) is 12.3. The summed E-state index contributed by atoms with van der Waals surface area (Å²) in [6.45, 7) is 23.7. The van der Waals surface area contributed by atoms with Gasteiger partial charge in [-0.1, -0.05) is 134 Å². The standard InChI is InChI=1S/C44H47N/c1-28-14-13-15-31(24-28)45(32-20-22-35-34-21-18-29(2)25-37(34)41(3,4)38(35)27-32)40-17-12-11-16-33(40)30-19-23-36-39(26-30)43(7,8)44(9,10)42(36,5)6/h11-27H,1-10H3. The third-order valence-corrected chi connectivity index (χ3v) is 12.3. The molecule has 5 aromatic carbocycles. The highest BCUT2D eigenvalue weighted by atomic mass is 15.1. The van der Waals surface area contributed by atoms with E-state index in [2.05, 4.69) is 177 Å². The molecule has 0 atom stereocenters. The SMILES string of the molecule is Cc1cccc(N(c2ccc3c(c2)C(C)(C)c2cc(C)ccc2-3)c2ccccc2-c2ccc3c(c2)C(C)(C)C(C)(C)C3(C)C)c1. The van der Waals surface area contributed by atoms with Gasteiger partial charge in [-0.25, -0.2) is 0 Å². The summed E-state index contributed by atoms with van der Waals surface area (Å²) in [5.74, 6) is 0. The number of hydrogen-bond donors (Lipinski definition) is 0. The Morgan fingerprint density at radius 2 is 1.07 bits per heavy atom. The molecule has 0 saturated carbocycles. The minimum atomic E-state index is -0.0737. The molecule has 7 rings (SSSR count). The first-order valence-corrected chi connectivity index (χ1v) is 16.5. The van der Waals surface area contributed by atoms with Crippen LogP contribution in [0.4, 0.5) is 17.1 Å². The number of fused-ring (bicyclic) bond motifs is 4. The molecule has 0 saturated heterocycles. The van der Waals surface area contributed by atoms with Gasteiger partial charge in [-0.2, -0.15) is 0 Å². The predicted octanol–water partition coefficient (Wildman–Crippen LogP) is 12.3. The molecule has 2 aliphatic rings. The Balaban J connectivity index is 1.43. The van der Waals surface area contributed by atoms with E-state index in [9.17, 15) is 0 Å². The monoisotopic (exact) mass is 589 g/mol. The molecule has 0 spiro atoms. The molecule has 0 radical (unpaired) electrons. The van der Waals surface area contributed by atoms with Crippen molar-refractivity contribution in [3.8, 4) is 22.3 Å². The summed E-state index contributed by atoms with van der Waals surface area (Å²) in [5.41, 5.74) is 17.3. The first kappa shape index (κ1) is 29.6. The molecule has 2 aliphatic carbocycles. The molecule has 0 amide bonds. The molecule has 0 aromatic heterocycles. The second kappa shape index (κ2) is 9.70. The molecule has 228 valence electrons. The zero-order valence-corrected chi connectivity index (χ0v) is 28.8. The van der Waals surface area contributed by atoms with E-state index in [0.29, 0.717) is 0 Å². The molecule has 1 nitrogen and oxygen atoms in total. The molecule has 0 bridgehead atoms. The van der Waals surface area contributed by atoms with Crippen LogP contribution in [0.1, 0.15) is 88.8 Å². The highest BCUT2D eigenvalue weighted by molar-refractivity contribution is 5.91. The maximum absolute atomic E-state index is 2.49. The number of para-hydroxylation sites is 1. The van der Waals surface area contributed by atoms with Gasteiger partial charge in [0.25, 0.3) is 0 Å². The van der Waals surface area contributed by atoms with Crippen molar-refractivity contribution in [2.24, 2.45) is 5.41 Å². The van der Waals surface area contributed by atoms with Crippen LogP contribution in [0.3, 0.4) is 0 Å². The third kappa shape index (κ3) is 4.12. The van der Waals surface area contributed by atoms with Crippen LogP contribution in [0.25, 0.3) is 22.3 Å². The van der Waals surface area contributed by atoms with Gasteiger partial charge in [0.1, 0.15) is 0 Å².